The molecule has 2 N–H and O–H groups in total. The molecule has 1 fully saturated rings. The Labute approximate surface area is 162 Å². The number of ether oxygens (including phenoxy) is 1. The summed E-state index contributed by atoms with van der Waals surface area (Å²) in [6.45, 7) is -0.0653. The lowest BCUT2D eigenvalue weighted by Crippen LogP contribution is -2.43. The van der Waals surface area contributed by atoms with Gasteiger partial charge in [-0.05, 0) is 30.0 Å². The predicted molar refractivity (Wildman–Crippen MR) is 102 cm³/mol. The average Bonchev–Trinajstić information content (AvgIpc) is 3.20. The van der Waals surface area contributed by atoms with Crippen molar-refractivity contribution in [2.75, 3.05) is 13.7 Å². The van der Waals surface area contributed by atoms with Gasteiger partial charge < -0.3 is 15.4 Å². The van der Waals surface area contributed by atoms with Crippen molar-refractivity contribution in [2.24, 2.45) is 0 Å². The van der Waals surface area contributed by atoms with E-state index in [4.69, 9.17) is 4.74 Å². The van der Waals surface area contributed by atoms with Crippen LogP contribution in [0.2, 0.25) is 0 Å². The molecule has 1 unspecified atom stereocenters. The predicted octanol–water partition coefficient (Wildman–Crippen LogP) is 1.70. The van der Waals surface area contributed by atoms with Crippen LogP contribution in [0.3, 0.4) is 0 Å². The summed E-state index contributed by atoms with van der Waals surface area (Å²) in [5, 5.41) is 5.57. The van der Waals surface area contributed by atoms with Gasteiger partial charge >= 0.3 is 6.03 Å². The largest absolute Gasteiger partial charge is 0.496 e. The number of carbonyl (C=O) groups is 3. The second kappa shape index (κ2) is 6.99. The number of methoxy groups -OCH3 is 1. The first-order chi connectivity index (χ1) is 13.5. The molecule has 4 amide bonds. The van der Waals surface area contributed by atoms with Crippen molar-refractivity contribution in [1.29, 1.82) is 0 Å². The molecule has 7 heteroatoms. The Kier molecular flexibility index (Phi) is 4.50. The average molecular weight is 379 g/mol. The summed E-state index contributed by atoms with van der Waals surface area (Å²) < 4.78 is 5.26. The van der Waals surface area contributed by atoms with Gasteiger partial charge in [-0.25, -0.2) is 4.79 Å². The molecule has 0 saturated carbocycles. The number of fused-ring (bicyclic) bond motifs is 2. The quantitative estimate of drug-likeness (QED) is 0.774. The third kappa shape index (κ3) is 2.89. The monoisotopic (exact) mass is 379 g/mol. The lowest BCUT2D eigenvalue weighted by atomic mass is 9.92. The maximum atomic E-state index is 13.1. The minimum Gasteiger partial charge on any atom is -0.496 e. The first kappa shape index (κ1) is 18.0. The van der Waals surface area contributed by atoms with Crippen LogP contribution in [0.4, 0.5) is 4.79 Å². The van der Waals surface area contributed by atoms with Gasteiger partial charge in [-0.15, -0.1) is 0 Å². The number of hydrogen-bond donors (Lipinski definition) is 2. The maximum Gasteiger partial charge on any atom is 0.325 e. The van der Waals surface area contributed by atoms with Crippen LogP contribution in [0, 0.1) is 0 Å². The molecule has 4 rings (SSSR count). The molecular formula is C21H21N3O4. The molecule has 1 saturated heterocycles. The molecule has 1 atom stereocenters. The van der Waals surface area contributed by atoms with E-state index in [0.29, 0.717) is 12.2 Å². The van der Waals surface area contributed by atoms with Crippen molar-refractivity contribution >= 4 is 17.8 Å². The van der Waals surface area contributed by atoms with Crippen LogP contribution in [-0.4, -0.2) is 36.4 Å². The van der Waals surface area contributed by atoms with E-state index < -0.39 is 17.5 Å². The molecule has 7 nitrogen and oxygen atoms in total. The third-order valence-electron chi connectivity index (χ3n) is 5.39. The maximum absolute atomic E-state index is 13.1. The summed E-state index contributed by atoms with van der Waals surface area (Å²) in [7, 11) is 1.56. The summed E-state index contributed by atoms with van der Waals surface area (Å²) in [4.78, 5) is 38.9. The number of imide groups is 1. The second-order valence-electron chi connectivity index (χ2n) is 6.97. The fourth-order valence-electron chi connectivity index (χ4n) is 3.98. The van der Waals surface area contributed by atoms with Gasteiger partial charge in [0.15, 0.2) is 0 Å². The van der Waals surface area contributed by atoms with Gasteiger partial charge in [0.05, 0.1) is 7.11 Å². The van der Waals surface area contributed by atoms with Gasteiger partial charge in [-0.1, -0.05) is 42.5 Å². The van der Waals surface area contributed by atoms with Crippen molar-refractivity contribution in [3.05, 3.63) is 65.2 Å². The van der Waals surface area contributed by atoms with Gasteiger partial charge in [-0.3, -0.25) is 14.5 Å². The molecule has 28 heavy (non-hydrogen) atoms. The summed E-state index contributed by atoms with van der Waals surface area (Å²) >= 11 is 0. The molecule has 1 aliphatic carbocycles. The zero-order chi connectivity index (χ0) is 19.7. The van der Waals surface area contributed by atoms with E-state index in [9.17, 15) is 14.4 Å². The number of hydrogen-bond acceptors (Lipinski definition) is 4. The Morgan fingerprint density at radius 3 is 2.75 bits per heavy atom. The molecular weight excluding hydrogens is 358 g/mol. The molecule has 1 spiro atoms. The molecule has 2 aliphatic rings. The minimum atomic E-state index is -1.05. The van der Waals surface area contributed by atoms with Gasteiger partial charge in [-0.2, -0.15) is 0 Å². The highest BCUT2D eigenvalue weighted by atomic mass is 16.5. The summed E-state index contributed by atoms with van der Waals surface area (Å²) in [5.74, 6) is -0.105. The van der Waals surface area contributed by atoms with Crippen molar-refractivity contribution in [1.82, 2.24) is 15.5 Å². The number of rotatable bonds is 5. The molecule has 0 aromatic heterocycles. The number of nitrogens with zero attached hydrogens (tertiary/aromatic N) is 1. The molecule has 2 aromatic carbocycles. The molecule has 0 radical (unpaired) electrons. The van der Waals surface area contributed by atoms with Crippen molar-refractivity contribution < 1.29 is 19.1 Å². The zero-order valence-electron chi connectivity index (χ0n) is 15.5. The van der Waals surface area contributed by atoms with Crippen LogP contribution in [0.15, 0.2) is 48.5 Å². The Hall–Kier alpha value is -3.35. The molecule has 2 aromatic rings. The molecule has 1 aliphatic heterocycles. The van der Waals surface area contributed by atoms with Crippen LogP contribution >= 0.6 is 0 Å². The van der Waals surface area contributed by atoms with Crippen LogP contribution in [0.5, 0.6) is 5.75 Å². The van der Waals surface area contributed by atoms with Crippen molar-refractivity contribution in [2.45, 2.75) is 24.9 Å². The Morgan fingerprint density at radius 2 is 1.93 bits per heavy atom. The smallest absolute Gasteiger partial charge is 0.325 e. The van der Waals surface area contributed by atoms with E-state index in [1.807, 2.05) is 42.5 Å². The first-order valence-electron chi connectivity index (χ1n) is 9.16. The first-order valence-corrected chi connectivity index (χ1v) is 9.16. The number of benzene rings is 2. The van der Waals surface area contributed by atoms with E-state index in [0.717, 1.165) is 28.0 Å². The summed E-state index contributed by atoms with van der Waals surface area (Å²) in [6.07, 6.45) is 1.23. The highest BCUT2D eigenvalue weighted by molar-refractivity contribution is 6.09. The zero-order valence-corrected chi connectivity index (χ0v) is 15.5. The standard InChI is InChI=1S/C21H21N3O4/c1-28-17-9-5-3-7-15(17)12-22-18(25)13-24-19(26)21(23-20(24)27)11-10-14-6-2-4-8-16(14)21/h2-9H,10-13H2,1H3,(H,22,25)(H,23,27). The van der Waals surface area contributed by atoms with Gasteiger partial charge in [0, 0.05) is 12.1 Å². The number of para-hydroxylation sites is 1. The SMILES string of the molecule is COc1ccccc1CNC(=O)CN1C(=O)NC2(CCc3ccccc32)C1=O. The molecule has 144 valence electrons. The molecule has 0 bridgehead atoms. The number of nitrogens with one attached hydrogen (secondary N) is 2. The van der Waals surface area contributed by atoms with Crippen LogP contribution < -0.4 is 15.4 Å². The Bertz CT molecular complexity index is 958. The Balaban J connectivity index is 1.45. The van der Waals surface area contributed by atoms with E-state index >= 15 is 0 Å². The summed E-state index contributed by atoms with van der Waals surface area (Å²) in [6, 6.07) is 14.4. The van der Waals surface area contributed by atoms with Crippen LogP contribution in [0.1, 0.15) is 23.1 Å². The fraction of sp³-hybridized carbons (Fsp3) is 0.286. The number of carbonyl (C=O) groups excluding carboxylic acids is 3. The van der Waals surface area contributed by atoms with E-state index in [-0.39, 0.29) is 19.0 Å². The van der Waals surface area contributed by atoms with E-state index in [1.54, 1.807) is 13.2 Å². The van der Waals surface area contributed by atoms with Crippen LogP contribution in [0.25, 0.3) is 0 Å². The lowest BCUT2D eigenvalue weighted by Gasteiger charge is -2.22. The topological polar surface area (TPSA) is 87.7 Å². The lowest BCUT2D eigenvalue weighted by molar-refractivity contribution is -0.135. The highest BCUT2D eigenvalue weighted by Crippen LogP contribution is 2.41. The fourth-order valence-corrected chi connectivity index (χ4v) is 3.98. The van der Waals surface area contributed by atoms with Gasteiger partial charge in [0.25, 0.3) is 5.91 Å². The van der Waals surface area contributed by atoms with Crippen molar-refractivity contribution in [3.8, 4) is 5.75 Å². The number of amides is 4. The molecule has 1 heterocycles. The minimum absolute atomic E-state index is 0.250. The number of aryl methyl sites for hydroxylation is 1. The normalized spacial score (nSPS) is 20.2. The van der Waals surface area contributed by atoms with Gasteiger partial charge in [0.1, 0.15) is 17.8 Å². The van der Waals surface area contributed by atoms with E-state index in [1.165, 1.54) is 0 Å². The summed E-state index contributed by atoms with van der Waals surface area (Å²) in [5.41, 5.74) is 1.65. The van der Waals surface area contributed by atoms with E-state index in [2.05, 4.69) is 10.6 Å². The highest BCUT2D eigenvalue weighted by Gasteiger charge is 2.55. The van der Waals surface area contributed by atoms with Crippen molar-refractivity contribution in [3.63, 3.8) is 0 Å². The third-order valence-corrected chi connectivity index (χ3v) is 5.39. The number of urea groups is 1. The second-order valence-corrected chi connectivity index (χ2v) is 6.97. The van der Waals surface area contributed by atoms with Gasteiger partial charge in [0.2, 0.25) is 5.91 Å². The Morgan fingerprint density at radius 1 is 1.18 bits per heavy atom. The van der Waals surface area contributed by atoms with Crippen LogP contribution in [-0.2, 0) is 28.1 Å².